The summed E-state index contributed by atoms with van der Waals surface area (Å²) in [4.78, 5) is 0. The molecule has 1 aliphatic rings. The lowest BCUT2D eigenvalue weighted by Gasteiger charge is -2.26. The summed E-state index contributed by atoms with van der Waals surface area (Å²) in [6.45, 7) is 5.97. The van der Waals surface area contributed by atoms with Crippen molar-refractivity contribution in [2.75, 3.05) is 6.61 Å². The molecule has 2 aromatic rings. The highest BCUT2D eigenvalue weighted by molar-refractivity contribution is 5.63. The first-order valence-electron chi connectivity index (χ1n) is 13.2. The molecule has 32 heavy (non-hydrogen) atoms. The number of hydrogen-bond donors (Lipinski definition) is 0. The summed E-state index contributed by atoms with van der Waals surface area (Å²) in [5, 5.41) is 0. The fraction of sp³-hybridized carbons (Fsp3) is 0.548. The summed E-state index contributed by atoms with van der Waals surface area (Å²) in [6, 6.07) is 18.1. The first-order chi connectivity index (χ1) is 15.8. The van der Waals surface area contributed by atoms with Crippen molar-refractivity contribution in [1.29, 1.82) is 0 Å². The number of hydrogen-bond acceptors (Lipinski definition) is 1. The molecular formula is C31H44O. The van der Waals surface area contributed by atoms with Crippen molar-refractivity contribution in [1.82, 2.24) is 0 Å². The molecule has 0 unspecified atom stereocenters. The van der Waals surface area contributed by atoms with Gasteiger partial charge < -0.3 is 4.74 Å². The predicted molar refractivity (Wildman–Crippen MR) is 139 cm³/mol. The fourth-order valence-corrected chi connectivity index (χ4v) is 5.01. The molecule has 0 saturated heterocycles. The van der Waals surface area contributed by atoms with E-state index in [1.165, 1.54) is 92.9 Å². The maximum Gasteiger partial charge on any atom is 0.0716 e. The Morgan fingerprint density at radius 3 is 2.06 bits per heavy atom. The Labute approximate surface area is 197 Å². The Morgan fingerprint density at radius 1 is 0.781 bits per heavy atom. The van der Waals surface area contributed by atoms with Gasteiger partial charge in [-0.15, -0.1) is 0 Å². The first-order valence-corrected chi connectivity index (χ1v) is 13.2. The van der Waals surface area contributed by atoms with Crippen LogP contribution in [0.2, 0.25) is 0 Å². The standard InChI is InChI=1S/C31H44O/c1-3-5-8-24-32-25-29-18-22-31(23-19-29)30-20-16-28(17-21-30)11-7-6-10-27-14-12-26(9-4-2)13-15-27/h4,9,16-23,26-27H,3,5-8,10-15,24-25H2,1-2H3/b9-4-/t26-,27-. The third kappa shape index (κ3) is 8.58. The van der Waals surface area contributed by atoms with Crippen molar-refractivity contribution in [2.24, 2.45) is 11.8 Å². The number of unbranched alkanes of at least 4 members (excludes halogenated alkanes) is 3. The lowest BCUT2D eigenvalue weighted by Crippen LogP contribution is -2.13. The molecule has 3 rings (SSSR count). The minimum absolute atomic E-state index is 0.722. The SMILES string of the molecule is C/C=C\[C@H]1CC[C@H](CCCCc2ccc(-c3ccc(COCCCCC)cc3)cc2)CC1. The number of benzene rings is 2. The zero-order chi connectivity index (χ0) is 22.4. The molecule has 2 aromatic carbocycles. The van der Waals surface area contributed by atoms with Gasteiger partial charge in [0.15, 0.2) is 0 Å². The number of ether oxygens (including phenoxy) is 1. The molecule has 0 N–H and O–H groups in total. The Bertz CT molecular complexity index is 763. The smallest absolute Gasteiger partial charge is 0.0716 e. The van der Waals surface area contributed by atoms with E-state index in [0.717, 1.165) is 25.0 Å². The Hall–Kier alpha value is -1.86. The second-order valence-corrected chi connectivity index (χ2v) is 9.71. The average molecular weight is 433 g/mol. The Kier molecular flexibility index (Phi) is 11.1. The van der Waals surface area contributed by atoms with Gasteiger partial charge in [0.1, 0.15) is 0 Å². The van der Waals surface area contributed by atoms with E-state index >= 15 is 0 Å². The summed E-state index contributed by atoms with van der Waals surface area (Å²) >= 11 is 0. The van der Waals surface area contributed by atoms with Gasteiger partial charge in [0.25, 0.3) is 0 Å². The van der Waals surface area contributed by atoms with E-state index in [-0.39, 0.29) is 0 Å². The second kappa shape index (κ2) is 14.3. The van der Waals surface area contributed by atoms with Crippen LogP contribution in [-0.4, -0.2) is 6.61 Å². The lowest BCUT2D eigenvalue weighted by molar-refractivity contribution is 0.117. The molecule has 0 radical (unpaired) electrons. The molecule has 0 aliphatic heterocycles. The number of allylic oxidation sites excluding steroid dienone is 2. The van der Waals surface area contributed by atoms with Crippen molar-refractivity contribution < 1.29 is 4.74 Å². The summed E-state index contributed by atoms with van der Waals surface area (Å²) in [7, 11) is 0. The summed E-state index contributed by atoms with van der Waals surface area (Å²) < 4.78 is 5.78. The van der Waals surface area contributed by atoms with E-state index in [4.69, 9.17) is 4.74 Å². The van der Waals surface area contributed by atoms with Crippen LogP contribution in [0.5, 0.6) is 0 Å². The number of rotatable bonds is 13. The van der Waals surface area contributed by atoms with Gasteiger partial charge in [0, 0.05) is 6.61 Å². The summed E-state index contributed by atoms with van der Waals surface area (Å²) in [6.07, 6.45) is 19.3. The highest BCUT2D eigenvalue weighted by Crippen LogP contribution is 2.32. The third-order valence-electron chi connectivity index (χ3n) is 7.09. The van der Waals surface area contributed by atoms with Gasteiger partial charge in [0.05, 0.1) is 6.61 Å². The molecule has 1 nitrogen and oxygen atoms in total. The Balaban J connectivity index is 1.35. The van der Waals surface area contributed by atoms with Gasteiger partial charge in [-0.2, -0.15) is 0 Å². The van der Waals surface area contributed by atoms with Crippen LogP contribution < -0.4 is 0 Å². The van der Waals surface area contributed by atoms with Crippen molar-refractivity contribution in [3.05, 3.63) is 71.8 Å². The van der Waals surface area contributed by atoms with Crippen molar-refractivity contribution in [3.63, 3.8) is 0 Å². The topological polar surface area (TPSA) is 9.23 Å². The minimum atomic E-state index is 0.722. The van der Waals surface area contributed by atoms with E-state index in [9.17, 15) is 0 Å². The maximum absolute atomic E-state index is 5.78. The minimum Gasteiger partial charge on any atom is -0.377 e. The normalized spacial score (nSPS) is 18.9. The van der Waals surface area contributed by atoms with E-state index < -0.39 is 0 Å². The van der Waals surface area contributed by atoms with Crippen LogP contribution in [0.3, 0.4) is 0 Å². The van der Waals surface area contributed by atoms with Crippen LogP contribution in [0.1, 0.15) is 89.2 Å². The fourth-order valence-electron chi connectivity index (χ4n) is 5.01. The average Bonchev–Trinajstić information content (AvgIpc) is 2.84. The zero-order valence-electron chi connectivity index (χ0n) is 20.5. The summed E-state index contributed by atoms with van der Waals surface area (Å²) in [5.41, 5.74) is 5.33. The zero-order valence-corrected chi connectivity index (χ0v) is 20.5. The Morgan fingerprint density at radius 2 is 1.44 bits per heavy atom. The molecule has 1 fully saturated rings. The van der Waals surface area contributed by atoms with E-state index in [2.05, 4.69) is 74.5 Å². The van der Waals surface area contributed by atoms with Gasteiger partial charge in [-0.1, -0.05) is 93.3 Å². The van der Waals surface area contributed by atoms with E-state index in [1.54, 1.807) is 0 Å². The molecule has 0 bridgehead atoms. The molecule has 0 aromatic heterocycles. The molecule has 0 amide bonds. The highest BCUT2D eigenvalue weighted by Gasteiger charge is 2.18. The van der Waals surface area contributed by atoms with Crippen LogP contribution in [0.15, 0.2) is 60.7 Å². The molecule has 0 atom stereocenters. The number of aryl methyl sites for hydroxylation is 1. The van der Waals surface area contributed by atoms with Crippen LogP contribution in [0.25, 0.3) is 11.1 Å². The molecule has 1 heteroatoms. The van der Waals surface area contributed by atoms with Crippen LogP contribution in [-0.2, 0) is 17.8 Å². The van der Waals surface area contributed by atoms with Crippen molar-refractivity contribution >= 4 is 0 Å². The van der Waals surface area contributed by atoms with Gasteiger partial charge in [-0.3, -0.25) is 0 Å². The quantitative estimate of drug-likeness (QED) is 0.226. The van der Waals surface area contributed by atoms with Gasteiger partial charge in [-0.25, -0.2) is 0 Å². The highest BCUT2D eigenvalue weighted by atomic mass is 16.5. The molecule has 0 heterocycles. The molecule has 1 aliphatic carbocycles. The van der Waals surface area contributed by atoms with E-state index in [0.29, 0.717) is 0 Å². The molecule has 0 spiro atoms. The van der Waals surface area contributed by atoms with Gasteiger partial charge >= 0.3 is 0 Å². The van der Waals surface area contributed by atoms with Crippen molar-refractivity contribution in [3.8, 4) is 11.1 Å². The monoisotopic (exact) mass is 432 g/mol. The van der Waals surface area contributed by atoms with Gasteiger partial charge in [-0.05, 0) is 86.0 Å². The lowest BCUT2D eigenvalue weighted by atomic mass is 9.79. The molecular weight excluding hydrogens is 388 g/mol. The molecule has 174 valence electrons. The van der Waals surface area contributed by atoms with Crippen LogP contribution in [0, 0.1) is 11.8 Å². The molecule has 1 saturated carbocycles. The van der Waals surface area contributed by atoms with Crippen LogP contribution in [0.4, 0.5) is 0 Å². The maximum atomic E-state index is 5.78. The van der Waals surface area contributed by atoms with Gasteiger partial charge in [0.2, 0.25) is 0 Å². The first kappa shape index (κ1) is 24.8. The summed E-state index contributed by atoms with van der Waals surface area (Å²) in [5.74, 6) is 1.83. The second-order valence-electron chi connectivity index (χ2n) is 9.71. The van der Waals surface area contributed by atoms with E-state index in [1.807, 2.05) is 0 Å². The van der Waals surface area contributed by atoms with Crippen LogP contribution >= 0.6 is 0 Å². The predicted octanol–water partition coefficient (Wildman–Crippen LogP) is 9.16. The third-order valence-corrected chi connectivity index (χ3v) is 7.09. The largest absolute Gasteiger partial charge is 0.377 e. The van der Waals surface area contributed by atoms with Crippen molar-refractivity contribution in [2.45, 2.75) is 91.1 Å².